The summed E-state index contributed by atoms with van der Waals surface area (Å²) in [5.41, 5.74) is 6.00. The molecule has 0 fully saturated rings. The van der Waals surface area contributed by atoms with Gasteiger partial charge in [-0.05, 0) is 6.42 Å². The summed E-state index contributed by atoms with van der Waals surface area (Å²) < 4.78 is 5.65. The van der Waals surface area contributed by atoms with Gasteiger partial charge in [0.2, 0.25) is 5.88 Å². The maximum Gasteiger partial charge on any atom is 0.219 e. The summed E-state index contributed by atoms with van der Waals surface area (Å²) in [5, 5.41) is 0. The number of rotatable bonds is 3. The third-order valence-electron chi connectivity index (χ3n) is 1.30. The Morgan fingerprint density at radius 3 is 3.17 bits per heavy atom. The molecule has 0 atom stereocenters. The number of H-pyrrole nitrogens is 1. The summed E-state index contributed by atoms with van der Waals surface area (Å²) in [4.78, 5) is 6.59. The quantitative estimate of drug-likeness (QED) is 0.701. The van der Waals surface area contributed by atoms with Crippen LogP contribution in [0.4, 0.5) is 5.69 Å². The molecule has 0 saturated carbocycles. The molecule has 0 aromatic carbocycles. The van der Waals surface area contributed by atoms with Crippen molar-refractivity contribution in [3.63, 3.8) is 0 Å². The second-order valence-electron chi connectivity index (χ2n) is 2.30. The Labute approximate surface area is 75.8 Å². The lowest BCUT2D eigenvalue weighted by Crippen LogP contribution is -2.02. The van der Waals surface area contributed by atoms with Gasteiger partial charge in [0.1, 0.15) is 5.69 Å². The van der Waals surface area contributed by atoms with Crippen LogP contribution in [0.1, 0.15) is 13.3 Å². The highest BCUT2D eigenvalue weighted by Gasteiger charge is 2.00. The lowest BCUT2D eigenvalue weighted by Gasteiger charge is -2.05. The zero-order valence-electron chi connectivity index (χ0n) is 6.83. The van der Waals surface area contributed by atoms with Gasteiger partial charge in [-0.15, -0.1) is 0 Å². The maximum atomic E-state index is 5.60. The normalized spacial score (nSPS) is 9.75. The number of nitrogens with zero attached hydrogens (tertiary/aromatic N) is 1. The van der Waals surface area contributed by atoms with Gasteiger partial charge in [-0.1, -0.05) is 19.1 Å². The van der Waals surface area contributed by atoms with Crippen LogP contribution in [0, 0.1) is 4.64 Å². The van der Waals surface area contributed by atoms with Crippen LogP contribution in [-0.4, -0.2) is 16.6 Å². The molecule has 0 saturated heterocycles. The van der Waals surface area contributed by atoms with Crippen LogP contribution >= 0.6 is 12.2 Å². The Morgan fingerprint density at radius 1 is 1.75 bits per heavy atom. The first-order valence-corrected chi connectivity index (χ1v) is 4.12. The van der Waals surface area contributed by atoms with Gasteiger partial charge in [-0.25, -0.2) is 4.98 Å². The molecule has 0 spiro atoms. The van der Waals surface area contributed by atoms with Gasteiger partial charge < -0.3 is 15.5 Å². The molecule has 1 rings (SSSR count). The van der Waals surface area contributed by atoms with E-state index >= 15 is 0 Å². The van der Waals surface area contributed by atoms with E-state index in [0.717, 1.165) is 6.42 Å². The van der Waals surface area contributed by atoms with Crippen molar-refractivity contribution in [1.29, 1.82) is 0 Å². The topological polar surface area (TPSA) is 63.9 Å². The van der Waals surface area contributed by atoms with Crippen LogP contribution in [-0.2, 0) is 0 Å². The van der Waals surface area contributed by atoms with Crippen LogP contribution < -0.4 is 10.5 Å². The molecule has 0 unspecified atom stereocenters. The zero-order valence-corrected chi connectivity index (χ0v) is 7.65. The van der Waals surface area contributed by atoms with E-state index in [9.17, 15) is 0 Å². The average molecular weight is 185 g/mol. The van der Waals surface area contributed by atoms with E-state index in [-0.39, 0.29) is 0 Å². The van der Waals surface area contributed by atoms with E-state index in [4.69, 9.17) is 22.7 Å². The standard InChI is InChI=1S/C7H11N3OS/c1-2-3-11-6-5(8)7(12)10-4-9-6/h4H,2-3,8H2,1H3,(H,9,10,12). The van der Waals surface area contributed by atoms with Crippen LogP contribution in [0.2, 0.25) is 0 Å². The van der Waals surface area contributed by atoms with Crippen LogP contribution in [0.25, 0.3) is 0 Å². The van der Waals surface area contributed by atoms with Gasteiger partial charge in [0.05, 0.1) is 12.9 Å². The SMILES string of the molecule is CCCOc1[nH]cnc(=S)c1N. The molecule has 4 nitrogen and oxygen atoms in total. The molecule has 0 radical (unpaired) electrons. The fraction of sp³-hybridized carbons (Fsp3) is 0.429. The Kier molecular flexibility index (Phi) is 3.04. The molecule has 0 amide bonds. The van der Waals surface area contributed by atoms with Crippen molar-refractivity contribution in [1.82, 2.24) is 9.97 Å². The van der Waals surface area contributed by atoms with Crippen molar-refractivity contribution >= 4 is 17.9 Å². The first-order chi connectivity index (χ1) is 5.75. The third-order valence-corrected chi connectivity index (χ3v) is 1.63. The molecule has 0 bridgehead atoms. The van der Waals surface area contributed by atoms with E-state index in [2.05, 4.69) is 9.97 Å². The van der Waals surface area contributed by atoms with Crippen LogP contribution in [0.15, 0.2) is 6.33 Å². The van der Waals surface area contributed by atoms with Crippen LogP contribution in [0.3, 0.4) is 0 Å². The number of nitrogens with one attached hydrogen (secondary N) is 1. The molecule has 12 heavy (non-hydrogen) atoms. The number of nitrogen functional groups attached to an aromatic ring is 1. The Bertz CT molecular complexity index is 310. The lowest BCUT2D eigenvalue weighted by atomic mass is 10.5. The Hall–Kier alpha value is -1.10. The van der Waals surface area contributed by atoms with Gasteiger partial charge in [-0.2, -0.15) is 0 Å². The van der Waals surface area contributed by atoms with Crippen molar-refractivity contribution in [2.45, 2.75) is 13.3 Å². The predicted molar refractivity (Wildman–Crippen MR) is 49.6 cm³/mol. The third kappa shape index (κ3) is 1.94. The van der Waals surface area contributed by atoms with Gasteiger partial charge in [0.15, 0.2) is 4.64 Å². The fourth-order valence-corrected chi connectivity index (χ4v) is 0.863. The lowest BCUT2D eigenvalue weighted by molar-refractivity contribution is 0.306. The van der Waals surface area contributed by atoms with Gasteiger partial charge >= 0.3 is 0 Å². The number of ether oxygens (including phenoxy) is 1. The molecule has 1 aromatic rings. The smallest absolute Gasteiger partial charge is 0.219 e. The second-order valence-corrected chi connectivity index (χ2v) is 2.69. The molecule has 66 valence electrons. The minimum absolute atomic E-state index is 0.375. The highest BCUT2D eigenvalue weighted by atomic mass is 32.1. The van der Waals surface area contributed by atoms with Crippen LogP contribution in [0.5, 0.6) is 5.88 Å². The molecule has 0 aliphatic heterocycles. The largest absolute Gasteiger partial charge is 0.477 e. The molecule has 5 heteroatoms. The number of hydrogen-bond acceptors (Lipinski definition) is 4. The number of aromatic amines is 1. The summed E-state index contributed by atoms with van der Waals surface area (Å²) in [6.07, 6.45) is 2.41. The van der Waals surface area contributed by atoms with Gasteiger partial charge in [0.25, 0.3) is 0 Å². The summed E-state index contributed by atoms with van der Waals surface area (Å²) in [6, 6.07) is 0. The molecular formula is C7H11N3OS. The summed E-state index contributed by atoms with van der Waals surface area (Å²) >= 11 is 4.86. The van der Waals surface area contributed by atoms with Crippen molar-refractivity contribution in [3.8, 4) is 5.88 Å². The van der Waals surface area contributed by atoms with E-state index in [1.54, 1.807) is 0 Å². The minimum atomic E-state index is 0.375. The molecule has 3 N–H and O–H groups in total. The molecule has 1 heterocycles. The highest BCUT2D eigenvalue weighted by Crippen LogP contribution is 2.16. The maximum absolute atomic E-state index is 5.60. The number of anilines is 1. The minimum Gasteiger partial charge on any atom is -0.477 e. The highest BCUT2D eigenvalue weighted by molar-refractivity contribution is 7.71. The predicted octanol–water partition coefficient (Wildman–Crippen LogP) is 1.51. The van der Waals surface area contributed by atoms with Crippen molar-refractivity contribution in [2.75, 3.05) is 12.3 Å². The van der Waals surface area contributed by atoms with Gasteiger partial charge in [-0.3, -0.25) is 0 Å². The number of aromatic nitrogens is 2. The van der Waals surface area contributed by atoms with Crippen molar-refractivity contribution < 1.29 is 4.74 Å². The molecule has 0 aliphatic rings. The number of nitrogens with two attached hydrogens (primary N) is 1. The van der Waals surface area contributed by atoms with E-state index in [0.29, 0.717) is 22.8 Å². The monoisotopic (exact) mass is 185 g/mol. The number of hydrogen-bond donors (Lipinski definition) is 2. The van der Waals surface area contributed by atoms with E-state index in [1.807, 2.05) is 6.92 Å². The summed E-state index contributed by atoms with van der Waals surface area (Å²) in [5.74, 6) is 0.511. The van der Waals surface area contributed by atoms with Crippen molar-refractivity contribution in [3.05, 3.63) is 11.0 Å². The molecular weight excluding hydrogens is 174 g/mol. The summed E-state index contributed by atoms with van der Waals surface area (Å²) in [7, 11) is 0. The zero-order chi connectivity index (χ0) is 8.97. The first-order valence-electron chi connectivity index (χ1n) is 3.71. The van der Waals surface area contributed by atoms with Crippen molar-refractivity contribution in [2.24, 2.45) is 0 Å². The van der Waals surface area contributed by atoms with Gasteiger partial charge in [0, 0.05) is 0 Å². The average Bonchev–Trinajstić information content (AvgIpc) is 2.08. The summed E-state index contributed by atoms with van der Waals surface area (Å²) in [6.45, 7) is 2.64. The molecule has 1 aromatic heterocycles. The Morgan fingerprint density at radius 2 is 2.50 bits per heavy atom. The Balaban J connectivity index is 2.85. The molecule has 0 aliphatic carbocycles. The first kappa shape index (κ1) is 8.99. The van der Waals surface area contributed by atoms with E-state index < -0.39 is 0 Å². The second kappa shape index (κ2) is 4.06. The van der Waals surface area contributed by atoms with E-state index in [1.165, 1.54) is 6.33 Å². The fourth-order valence-electron chi connectivity index (χ4n) is 0.717.